The average Bonchev–Trinajstić information content (AvgIpc) is 3.31. The van der Waals surface area contributed by atoms with E-state index in [0.29, 0.717) is 13.2 Å². The molecule has 1 atom stereocenters. The Morgan fingerprint density at radius 3 is 2.31 bits per heavy atom. The van der Waals surface area contributed by atoms with Gasteiger partial charge in [-0.15, -0.1) is 0 Å². The van der Waals surface area contributed by atoms with E-state index >= 15 is 0 Å². The van der Waals surface area contributed by atoms with E-state index in [2.05, 4.69) is 24.3 Å². The van der Waals surface area contributed by atoms with Crippen molar-refractivity contribution in [3.05, 3.63) is 59.7 Å². The molecule has 5 rings (SSSR count). The van der Waals surface area contributed by atoms with Crippen molar-refractivity contribution in [3.63, 3.8) is 0 Å². The Kier molecular flexibility index (Phi) is 3.57. The summed E-state index contributed by atoms with van der Waals surface area (Å²) in [6.45, 7) is 1.45. The lowest BCUT2D eigenvalue weighted by atomic mass is 9.93. The van der Waals surface area contributed by atoms with Gasteiger partial charge >= 0.3 is 6.09 Å². The number of nitrogens with zero attached hydrogens (tertiary/aromatic N) is 1. The van der Waals surface area contributed by atoms with Gasteiger partial charge in [-0.2, -0.15) is 0 Å². The maximum absolute atomic E-state index is 12.6. The Labute approximate surface area is 153 Å². The van der Waals surface area contributed by atoms with E-state index in [1.54, 1.807) is 4.90 Å². The number of carbonyl (C=O) groups excluding carboxylic acids is 1. The number of piperidine rings is 1. The van der Waals surface area contributed by atoms with Crippen LogP contribution >= 0.6 is 0 Å². The van der Waals surface area contributed by atoms with E-state index in [-0.39, 0.29) is 17.4 Å². The maximum atomic E-state index is 12.6. The highest BCUT2D eigenvalue weighted by Gasteiger charge is 2.49. The average molecular weight is 349 g/mol. The highest BCUT2D eigenvalue weighted by Crippen LogP contribution is 2.52. The van der Waals surface area contributed by atoms with Gasteiger partial charge in [0.05, 0.1) is 6.10 Å². The Bertz CT molecular complexity index is 812. The number of amides is 1. The number of fused-ring (bicyclic) bond motifs is 3. The Morgan fingerprint density at radius 1 is 1.08 bits per heavy atom. The molecule has 1 aliphatic heterocycles. The van der Waals surface area contributed by atoms with E-state index in [0.717, 1.165) is 25.8 Å². The first-order valence-electron chi connectivity index (χ1n) is 9.43. The molecular weight excluding hydrogens is 326 g/mol. The van der Waals surface area contributed by atoms with Crippen molar-refractivity contribution in [1.82, 2.24) is 4.90 Å². The van der Waals surface area contributed by atoms with Gasteiger partial charge in [0, 0.05) is 19.0 Å². The number of aliphatic hydroxyl groups excluding tert-OH is 1. The molecule has 4 heteroatoms. The molecule has 1 N–H and O–H groups in total. The topological polar surface area (TPSA) is 49.8 Å². The summed E-state index contributed by atoms with van der Waals surface area (Å²) in [5.41, 5.74) is 5.06. The summed E-state index contributed by atoms with van der Waals surface area (Å²) in [6, 6.07) is 16.7. The van der Waals surface area contributed by atoms with E-state index < -0.39 is 6.10 Å². The predicted molar refractivity (Wildman–Crippen MR) is 98.9 cm³/mol. The van der Waals surface area contributed by atoms with Crippen molar-refractivity contribution < 1.29 is 14.6 Å². The summed E-state index contributed by atoms with van der Waals surface area (Å²) in [4.78, 5) is 14.3. The standard InChI is InChI=1S/C22H23NO3/c24-15-11-22(9-10-22)14-23(12-15)21(25)26-13-20-18-7-3-1-5-16(18)17-6-2-4-8-19(17)20/h1-8,15,20,24H,9-14H2. The van der Waals surface area contributed by atoms with Crippen molar-refractivity contribution in [2.45, 2.75) is 31.3 Å². The zero-order chi connectivity index (χ0) is 17.7. The van der Waals surface area contributed by atoms with Gasteiger partial charge in [0.25, 0.3) is 0 Å². The minimum atomic E-state index is -0.424. The minimum absolute atomic E-state index is 0.0796. The zero-order valence-electron chi connectivity index (χ0n) is 14.7. The number of aliphatic hydroxyl groups is 1. The van der Waals surface area contributed by atoms with E-state index in [4.69, 9.17) is 4.74 Å². The van der Waals surface area contributed by atoms with E-state index in [1.807, 2.05) is 24.3 Å². The molecule has 0 bridgehead atoms. The third-order valence-electron chi connectivity index (χ3n) is 6.18. The molecule has 4 nitrogen and oxygen atoms in total. The zero-order valence-corrected chi connectivity index (χ0v) is 14.7. The number of hydrogen-bond acceptors (Lipinski definition) is 3. The molecule has 2 aromatic carbocycles. The van der Waals surface area contributed by atoms with Gasteiger partial charge in [-0.1, -0.05) is 48.5 Å². The van der Waals surface area contributed by atoms with Crippen LogP contribution in [-0.2, 0) is 4.74 Å². The van der Waals surface area contributed by atoms with Gasteiger partial charge in [-0.3, -0.25) is 0 Å². The van der Waals surface area contributed by atoms with Crippen LogP contribution in [0.5, 0.6) is 0 Å². The Morgan fingerprint density at radius 2 is 1.69 bits per heavy atom. The van der Waals surface area contributed by atoms with Crippen LogP contribution < -0.4 is 0 Å². The van der Waals surface area contributed by atoms with Crippen molar-refractivity contribution in [2.24, 2.45) is 5.41 Å². The molecule has 2 fully saturated rings. The van der Waals surface area contributed by atoms with Crippen LogP contribution in [0.4, 0.5) is 4.79 Å². The van der Waals surface area contributed by atoms with Gasteiger partial charge in [0.1, 0.15) is 6.61 Å². The molecule has 1 amide bonds. The molecule has 2 aliphatic carbocycles. The molecule has 1 saturated heterocycles. The summed E-state index contributed by atoms with van der Waals surface area (Å²) >= 11 is 0. The Hall–Kier alpha value is -2.33. The molecule has 1 spiro atoms. The number of β-amino-alcohol motifs (C(OH)–C–C–N with tert-alkyl or cyclic N) is 1. The second-order valence-electron chi connectivity index (χ2n) is 8.04. The predicted octanol–water partition coefficient (Wildman–Crippen LogP) is 3.78. The molecule has 26 heavy (non-hydrogen) atoms. The third kappa shape index (κ3) is 2.60. The number of carbonyl (C=O) groups is 1. The summed E-state index contributed by atoms with van der Waals surface area (Å²) in [5.74, 6) is 0.0796. The maximum Gasteiger partial charge on any atom is 0.409 e. The largest absolute Gasteiger partial charge is 0.448 e. The molecule has 1 heterocycles. The monoisotopic (exact) mass is 349 g/mol. The third-order valence-corrected chi connectivity index (χ3v) is 6.18. The molecule has 3 aliphatic rings. The molecule has 1 unspecified atom stereocenters. The number of rotatable bonds is 2. The summed E-state index contributed by atoms with van der Waals surface area (Å²) in [7, 11) is 0. The lowest BCUT2D eigenvalue weighted by molar-refractivity contribution is 0.0206. The highest BCUT2D eigenvalue weighted by molar-refractivity contribution is 5.79. The quantitative estimate of drug-likeness (QED) is 0.898. The molecular formula is C22H23NO3. The van der Waals surface area contributed by atoms with Crippen molar-refractivity contribution in [3.8, 4) is 11.1 Å². The normalized spacial score (nSPS) is 22.8. The second kappa shape index (κ2) is 5.85. The number of benzene rings is 2. The minimum Gasteiger partial charge on any atom is -0.448 e. The number of ether oxygens (including phenoxy) is 1. The molecule has 0 radical (unpaired) electrons. The molecule has 0 aromatic heterocycles. The molecule has 1 saturated carbocycles. The van der Waals surface area contributed by atoms with Crippen molar-refractivity contribution >= 4 is 6.09 Å². The first-order valence-corrected chi connectivity index (χ1v) is 9.43. The summed E-state index contributed by atoms with van der Waals surface area (Å²) in [6.07, 6.45) is 2.32. The van der Waals surface area contributed by atoms with Gasteiger partial charge in [0.15, 0.2) is 0 Å². The van der Waals surface area contributed by atoms with Crippen LogP contribution in [0.3, 0.4) is 0 Å². The van der Waals surface area contributed by atoms with Crippen molar-refractivity contribution in [1.29, 1.82) is 0 Å². The fourth-order valence-corrected chi connectivity index (χ4v) is 4.72. The van der Waals surface area contributed by atoms with Crippen LogP contribution in [0.15, 0.2) is 48.5 Å². The lowest BCUT2D eigenvalue weighted by Crippen LogP contribution is -2.47. The van der Waals surface area contributed by atoms with Crippen LogP contribution in [0.25, 0.3) is 11.1 Å². The van der Waals surface area contributed by atoms with Crippen LogP contribution in [0.2, 0.25) is 0 Å². The summed E-state index contributed by atoms with van der Waals surface area (Å²) < 4.78 is 5.72. The SMILES string of the molecule is O=C(OCC1c2ccccc2-c2ccccc21)N1CC(O)CC2(CC2)C1. The smallest absolute Gasteiger partial charge is 0.409 e. The van der Waals surface area contributed by atoms with Gasteiger partial charge in [-0.05, 0) is 46.9 Å². The van der Waals surface area contributed by atoms with Gasteiger partial charge < -0.3 is 14.7 Å². The lowest BCUT2D eigenvalue weighted by Gasteiger charge is -2.35. The number of likely N-dealkylation sites (tertiary alicyclic amines) is 1. The summed E-state index contributed by atoms with van der Waals surface area (Å²) in [5, 5.41) is 10.1. The fraction of sp³-hybridized carbons (Fsp3) is 0.409. The second-order valence-corrected chi connectivity index (χ2v) is 8.04. The van der Waals surface area contributed by atoms with Crippen LogP contribution in [-0.4, -0.2) is 41.9 Å². The molecule has 2 aromatic rings. The Balaban J connectivity index is 1.33. The highest BCUT2D eigenvalue weighted by atomic mass is 16.6. The molecule has 134 valence electrons. The van der Waals surface area contributed by atoms with Crippen molar-refractivity contribution in [2.75, 3.05) is 19.7 Å². The fourth-order valence-electron chi connectivity index (χ4n) is 4.72. The first kappa shape index (κ1) is 15.9. The van der Waals surface area contributed by atoms with Crippen LogP contribution in [0.1, 0.15) is 36.3 Å². The van der Waals surface area contributed by atoms with Gasteiger partial charge in [0.2, 0.25) is 0 Å². The van der Waals surface area contributed by atoms with E-state index in [9.17, 15) is 9.90 Å². The van der Waals surface area contributed by atoms with Gasteiger partial charge in [-0.25, -0.2) is 4.79 Å². The van der Waals surface area contributed by atoms with Crippen LogP contribution in [0, 0.1) is 5.41 Å². The van der Waals surface area contributed by atoms with E-state index in [1.165, 1.54) is 22.3 Å². The first-order chi connectivity index (χ1) is 12.7. The number of hydrogen-bond donors (Lipinski definition) is 1.